The second-order valence-electron chi connectivity index (χ2n) is 14.0. The number of allylic oxidation sites excluding steroid dienone is 4. The fourth-order valence-corrected chi connectivity index (χ4v) is 6.13. The number of hydrogen-bond donors (Lipinski definition) is 1. The van der Waals surface area contributed by atoms with Crippen LogP contribution in [0.1, 0.15) is 206 Å². The van der Waals surface area contributed by atoms with Crippen LogP contribution in [0.3, 0.4) is 0 Å². The maximum atomic E-state index is 12.4. The summed E-state index contributed by atoms with van der Waals surface area (Å²) in [5.41, 5.74) is 0. The Labute approximate surface area is 277 Å². The van der Waals surface area contributed by atoms with Crippen LogP contribution in [0.5, 0.6) is 0 Å². The number of unbranched alkanes of at least 4 members (excludes halogenated alkanes) is 24. The second kappa shape index (κ2) is 36.4. The summed E-state index contributed by atoms with van der Waals surface area (Å²) in [5.74, 6) is 0.189. The normalized spacial score (nSPS) is 12.7. The Balaban J connectivity index is 3.83. The minimum Gasteiger partial charge on any atom is -0.352 e. The summed E-state index contributed by atoms with van der Waals surface area (Å²) in [6.45, 7) is 5.07. The maximum Gasteiger partial charge on any atom is 0.234 e. The summed E-state index contributed by atoms with van der Waals surface area (Å²) in [6, 6.07) is 0.357. The largest absolute Gasteiger partial charge is 0.352 e. The van der Waals surface area contributed by atoms with Gasteiger partial charge >= 0.3 is 0 Å². The molecule has 260 valence electrons. The van der Waals surface area contributed by atoms with Gasteiger partial charge in [-0.25, -0.2) is 0 Å². The van der Waals surface area contributed by atoms with Crippen molar-refractivity contribution in [2.45, 2.75) is 213 Å². The van der Waals surface area contributed by atoms with E-state index in [0.717, 1.165) is 12.8 Å². The molecule has 3 nitrogen and oxygen atoms in total. The summed E-state index contributed by atoms with van der Waals surface area (Å²) in [6.07, 6.45) is 49.7. The van der Waals surface area contributed by atoms with E-state index in [1.165, 1.54) is 180 Å². The minimum atomic E-state index is 0.189. The molecule has 0 spiro atoms. The molecule has 0 saturated heterocycles. The van der Waals surface area contributed by atoms with Gasteiger partial charge in [0.05, 0.1) is 6.54 Å². The zero-order valence-corrected chi connectivity index (χ0v) is 30.7. The summed E-state index contributed by atoms with van der Waals surface area (Å²) in [4.78, 5) is 14.4. The van der Waals surface area contributed by atoms with E-state index < -0.39 is 0 Å². The van der Waals surface area contributed by atoms with Gasteiger partial charge in [-0.3, -0.25) is 4.79 Å². The average molecular weight is 617 g/mol. The monoisotopic (exact) mass is 617 g/mol. The van der Waals surface area contributed by atoms with Crippen molar-refractivity contribution in [3.8, 4) is 0 Å². The molecule has 0 rings (SSSR count). The van der Waals surface area contributed by atoms with E-state index in [1.54, 1.807) is 0 Å². The first-order valence-electron chi connectivity index (χ1n) is 19.8. The van der Waals surface area contributed by atoms with Crippen molar-refractivity contribution in [3.05, 3.63) is 24.3 Å². The molecule has 0 aliphatic rings. The van der Waals surface area contributed by atoms with Gasteiger partial charge in [0.25, 0.3) is 0 Å². The topological polar surface area (TPSA) is 32.3 Å². The van der Waals surface area contributed by atoms with Crippen LogP contribution in [-0.4, -0.2) is 37.5 Å². The van der Waals surface area contributed by atoms with Crippen molar-refractivity contribution in [2.75, 3.05) is 20.6 Å². The van der Waals surface area contributed by atoms with Crippen LogP contribution in [0.15, 0.2) is 24.3 Å². The van der Waals surface area contributed by atoms with Gasteiger partial charge in [0.2, 0.25) is 5.91 Å². The Kier molecular flexibility index (Phi) is 35.5. The van der Waals surface area contributed by atoms with Gasteiger partial charge < -0.3 is 10.2 Å². The molecule has 0 bridgehead atoms. The predicted octanol–water partition coefficient (Wildman–Crippen LogP) is 12.9. The van der Waals surface area contributed by atoms with Gasteiger partial charge in [-0.15, -0.1) is 0 Å². The first-order chi connectivity index (χ1) is 21.6. The molecule has 1 N–H and O–H groups in total. The Morgan fingerprint density at radius 2 is 0.773 bits per heavy atom. The smallest absolute Gasteiger partial charge is 0.234 e. The summed E-state index contributed by atoms with van der Waals surface area (Å²) >= 11 is 0. The molecule has 1 amide bonds. The van der Waals surface area contributed by atoms with E-state index in [9.17, 15) is 4.79 Å². The third-order valence-corrected chi connectivity index (χ3v) is 8.95. The number of rotatable bonds is 35. The molecule has 0 aliphatic carbocycles. The van der Waals surface area contributed by atoms with E-state index in [-0.39, 0.29) is 5.91 Å². The van der Waals surface area contributed by atoms with Crippen LogP contribution in [0, 0.1) is 0 Å². The standard InChI is InChI=1S/C41H80N2O/c1-5-7-9-11-13-15-17-19-21-23-25-27-29-31-33-35-37-40(42-41(44)39-43(3)4)38-36-34-32-30-28-26-24-22-20-18-16-14-12-10-8-6-2/h19-22,40H,5-18,23-39H2,1-4H3,(H,42,44). The number of amides is 1. The molecule has 3 heteroatoms. The molecule has 0 aliphatic heterocycles. The average Bonchev–Trinajstić information content (AvgIpc) is 3.00. The highest BCUT2D eigenvalue weighted by atomic mass is 16.2. The lowest BCUT2D eigenvalue weighted by Crippen LogP contribution is -2.40. The Bertz CT molecular complexity index is 584. The van der Waals surface area contributed by atoms with Gasteiger partial charge in [-0.2, -0.15) is 0 Å². The number of hydrogen-bond acceptors (Lipinski definition) is 2. The van der Waals surface area contributed by atoms with Gasteiger partial charge in [-0.05, 0) is 78.3 Å². The SMILES string of the molecule is CCCCCCCCC=CCCCCCCCCC(CCCCCCCCC=CCCCCCCCC)NC(=O)CN(C)C. The molecule has 0 aromatic carbocycles. The van der Waals surface area contributed by atoms with Crippen molar-refractivity contribution in [2.24, 2.45) is 0 Å². The molecule has 0 radical (unpaired) electrons. The third kappa shape index (κ3) is 35.4. The van der Waals surface area contributed by atoms with E-state index in [2.05, 4.69) is 43.5 Å². The minimum absolute atomic E-state index is 0.189. The van der Waals surface area contributed by atoms with E-state index in [0.29, 0.717) is 12.6 Å². The van der Waals surface area contributed by atoms with Crippen molar-refractivity contribution < 1.29 is 4.79 Å². The molecule has 0 aromatic heterocycles. The predicted molar refractivity (Wildman–Crippen MR) is 199 cm³/mol. The molecule has 0 aromatic rings. The lowest BCUT2D eigenvalue weighted by atomic mass is 9.99. The number of nitrogens with zero attached hydrogens (tertiary/aromatic N) is 1. The summed E-state index contributed by atoms with van der Waals surface area (Å²) < 4.78 is 0. The van der Waals surface area contributed by atoms with Crippen LogP contribution >= 0.6 is 0 Å². The molecule has 0 heterocycles. The number of nitrogens with one attached hydrogen (secondary N) is 1. The van der Waals surface area contributed by atoms with Crippen LogP contribution in [0.4, 0.5) is 0 Å². The molecule has 0 saturated carbocycles. The van der Waals surface area contributed by atoms with Gasteiger partial charge in [0.1, 0.15) is 0 Å². The zero-order valence-electron chi connectivity index (χ0n) is 30.7. The maximum absolute atomic E-state index is 12.4. The Hall–Kier alpha value is -1.09. The lowest BCUT2D eigenvalue weighted by Gasteiger charge is -2.20. The van der Waals surface area contributed by atoms with Crippen molar-refractivity contribution in [1.82, 2.24) is 10.2 Å². The van der Waals surface area contributed by atoms with E-state index >= 15 is 0 Å². The van der Waals surface area contributed by atoms with Crippen molar-refractivity contribution in [1.29, 1.82) is 0 Å². The molecular weight excluding hydrogens is 536 g/mol. The van der Waals surface area contributed by atoms with Gasteiger partial charge in [0.15, 0.2) is 0 Å². The van der Waals surface area contributed by atoms with Gasteiger partial charge in [-0.1, -0.05) is 167 Å². The Morgan fingerprint density at radius 3 is 1.09 bits per heavy atom. The Morgan fingerprint density at radius 1 is 0.477 bits per heavy atom. The quantitative estimate of drug-likeness (QED) is 0.0567. The molecule has 44 heavy (non-hydrogen) atoms. The fourth-order valence-electron chi connectivity index (χ4n) is 6.13. The van der Waals surface area contributed by atoms with Crippen LogP contribution in [-0.2, 0) is 4.79 Å². The summed E-state index contributed by atoms with van der Waals surface area (Å²) in [5, 5.41) is 3.36. The highest BCUT2D eigenvalue weighted by Crippen LogP contribution is 2.16. The van der Waals surface area contributed by atoms with Crippen molar-refractivity contribution in [3.63, 3.8) is 0 Å². The highest BCUT2D eigenvalue weighted by Gasteiger charge is 2.12. The summed E-state index contributed by atoms with van der Waals surface area (Å²) in [7, 11) is 3.96. The zero-order chi connectivity index (χ0) is 32.2. The van der Waals surface area contributed by atoms with E-state index in [1.807, 2.05) is 19.0 Å². The van der Waals surface area contributed by atoms with Crippen LogP contribution < -0.4 is 5.32 Å². The van der Waals surface area contributed by atoms with Crippen LogP contribution in [0.2, 0.25) is 0 Å². The fraction of sp³-hybridized carbons (Fsp3) is 0.878. The highest BCUT2D eigenvalue weighted by molar-refractivity contribution is 5.78. The first-order valence-corrected chi connectivity index (χ1v) is 19.8. The number of carbonyl (C=O) groups excluding carboxylic acids is 1. The first kappa shape index (κ1) is 42.9. The lowest BCUT2D eigenvalue weighted by molar-refractivity contribution is -0.122. The number of likely N-dealkylation sites (N-methyl/N-ethyl adjacent to an activating group) is 1. The molecule has 0 unspecified atom stereocenters. The second-order valence-corrected chi connectivity index (χ2v) is 14.0. The van der Waals surface area contributed by atoms with Gasteiger partial charge in [0, 0.05) is 6.04 Å². The number of carbonyl (C=O) groups is 1. The van der Waals surface area contributed by atoms with E-state index in [4.69, 9.17) is 0 Å². The molecule has 0 atom stereocenters. The van der Waals surface area contributed by atoms with Crippen molar-refractivity contribution >= 4 is 5.91 Å². The third-order valence-electron chi connectivity index (χ3n) is 8.95. The van der Waals surface area contributed by atoms with Crippen LogP contribution in [0.25, 0.3) is 0 Å². The molecule has 0 fully saturated rings. The molecular formula is C41H80N2O.